The summed E-state index contributed by atoms with van der Waals surface area (Å²) in [6, 6.07) is 54.9. The molecule has 1 nitrogen and oxygen atoms in total. The number of nitrogens with zero attached hydrogens (tertiary/aromatic N) is 1. The van der Waals surface area contributed by atoms with Crippen LogP contribution in [-0.2, 0) is 22.7 Å². The highest BCUT2D eigenvalue weighted by atomic mass is 15.1. The zero-order valence-electron chi connectivity index (χ0n) is 32.6. The molecular formula is C54H45N. The molecule has 7 aromatic rings. The van der Waals surface area contributed by atoms with E-state index in [0.717, 1.165) is 17.8 Å². The number of benzene rings is 7. The van der Waals surface area contributed by atoms with Crippen molar-refractivity contribution in [3.05, 3.63) is 196 Å². The summed E-state index contributed by atoms with van der Waals surface area (Å²) >= 11 is 0. The average molecular weight is 708 g/mol. The van der Waals surface area contributed by atoms with Gasteiger partial charge in [-0.25, -0.2) is 0 Å². The van der Waals surface area contributed by atoms with E-state index in [4.69, 9.17) is 0 Å². The summed E-state index contributed by atoms with van der Waals surface area (Å²) in [5.74, 6) is 0. The molecule has 0 saturated carbocycles. The van der Waals surface area contributed by atoms with Crippen LogP contribution in [0.4, 0.5) is 17.1 Å². The molecule has 7 aromatic carbocycles. The molecule has 0 unspecified atom stereocenters. The molecule has 0 N–H and O–H groups in total. The van der Waals surface area contributed by atoms with E-state index in [-0.39, 0.29) is 16.2 Å². The van der Waals surface area contributed by atoms with Crippen LogP contribution in [0.2, 0.25) is 0 Å². The number of hydrogen-bond donors (Lipinski definition) is 0. The molecule has 0 saturated heterocycles. The highest BCUT2D eigenvalue weighted by Gasteiger charge is 2.44. The Bertz CT molecular complexity index is 2750. The first kappa shape index (κ1) is 32.5. The van der Waals surface area contributed by atoms with Gasteiger partial charge in [-0.3, -0.25) is 0 Å². The molecule has 1 heteroatoms. The van der Waals surface area contributed by atoms with Crippen LogP contribution in [-0.4, -0.2) is 0 Å². The first-order valence-electron chi connectivity index (χ1n) is 19.9. The van der Waals surface area contributed by atoms with E-state index in [1.165, 1.54) is 94.7 Å². The Morgan fingerprint density at radius 3 is 1.35 bits per heavy atom. The quantitative estimate of drug-likeness (QED) is 0.176. The van der Waals surface area contributed by atoms with Gasteiger partial charge in [0.2, 0.25) is 0 Å². The molecule has 0 fully saturated rings. The first-order chi connectivity index (χ1) is 26.5. The van der Waals surface area contributed by atoms with E-state index in [1.807, 2.05) is 0 Å². The minimum atomic E-state index is -0.154. The number of rotatable bonds is 4. The third-order valence-electron chi connectivity index (χ3n) is 13.7. The lowest BCUT2D eigenvalue weighted by atomic mass is 9.78. The molecule has 266 valence electrons. The van der Waals surface area contributed by atoms with Crippen LogP contribution in [0.25, 0.3) is 45.0 Å². The van der Waals surface area contributed by atoms with Gasteiger partial charge in [0.25, 0.3) is 0 Å². The zero-order valence-corrected chi connectivity index (χ0v) is 32.6. The van der Waals surface area contributed by atoms with Crippen molar-refractivity contribution in [3.63, 3.8) is 0 Å². The second-order valence-corrected chi connectivity index (χ2v) is 17.8. The van der Waals surface area contributed by atoms with Crippen molar-refractivity contribution in [1.29, 1.82) is 0 Å². The van der Waals surface area contributed by atoms with E-state index in [2.05, 4.69) is 198 Å². The Morgan fingerprint density at radius 2 is 0.818 bits per heavy atom. The Morgan fingerprint density at radius 1 is 0.382 bits per heavy atom. The van der Waals surface area contributed by atoms with Crippen LogP contribution in [0, 0.1) is 0 Å². The van der Waals surface area contributed by atoms with Gasteiger partial charge in [0.15, 0.2) is 0 Å². The van der Waals surface area contributed by atoms with E-state index in [0.29, 0.717) is 0 Å². The van der Waals surface area contributed by atoms with Crippen LogP contribution in [0.15, 0.2) is 146 Å². The van der Waals surface area contributed by atoms with Crippen LogP contribution in [0.1, 0.15) is 91.6 Å². The smallest absolute Gasteiger partial charge is 0.0465 e. The van der Waals surface area contributed by atoms with Crippen molar-refractivity contribution in [2.24, 2.45) is 0 Å². The van der Waals surface area contributed by atoms with E-state index in [1.54, 1.807) is 0 Å². The molecule has 4 aliphatic rings. The molecule has 0 aliphatic heterocycles. The van der Waals surface area contributed by atoms with Crippen molar-refractivity contribution in [2.45, 2.75) is 64.2 Å². The van der Waals surface area contributed by atoms with E-state index < -0.39 is 0 Å². The van der Waals surface area contributed by atoms with Gasteiger partial charge in [-0.15, -0.1) is 0 Å². The van der Waals surface area contributed by atoms with E-state index >= 15 is 0 Å². The van der Waals surface area contributed by atoms with Gasteiger partial charge in [-0.2, -0.15) is 0 Å². The maximum absolute atomic E-state index is 2.57. The summed E-state index contributed by atoms with van der Waals surface area (Å²) in [7, 11) is 0. The van der Waals surface area contributed by atoms with Crippen molar-refractivity contribution in [3.8, 4) is 33.4 Å². The van der Waals surface area contributed by atoms with Crippen LogP contribution in [0.5, 0.6) is 0 Å². The summed E-state index contributed by atoms with van der Waals surface area (Å²) < 4.78 is 0. The lowest BCUT2D eigenvalue weighted by Crippen LogP contribution is -2.18. The number of fused-ring (bicyclic) bond motifs is 10. The fourth-order valence-corrected chi connectivity index (χ4v) is 10.6. The van der Waals surface area contributed by atoms with Crippen molar-refractivity contribution in [2.75, 3.05) is 4.90 Å². The lowest BCUT2D eigenvalue weighted by molar-refractivity contribution is 0.649. The van der Waals surface area contributed by atoms with Crippen LogP contribution < -0.4 is 4.90 Å². The fraction of sp³-hybridized carbons (Fsp3) is 0.185. The summed E-state index contributed by atoms with van der Waals surface area (Å²) in [5, 5.41) is 0. The molecule has 0 bridgehead atoms. The lowest BCUT2D eigenvalue weighted by Gasteiger charge is -2.28. The van der Waals surface area contributed by atoms with Crippen LogP contribution in [0.3, 0.4) is 0 Å². The number of allylic oxidation sites excluding steroid dienone is 1. The SMILES string of the molecule is CC1(C)c2cc(C3=Cc4ccccc4C3)ccc2-c2cc3c(cc21)-c1cc2c(cc1C3(C)C)-c1ccc(N(c3ccccc3)c3ccccc3)cc1C2(C)C. The number of hydrogen-bond acceptors (Lipinski definition) is 1. The Hall–Kier alpha value is -5.92. The van der Waals surface area contributed by atoms with Crippen molar-refractivity contribution >= 4 is 28.7 Å². The standard InChI is InChI=1S/C54H45N/c1-52(2)46-27-35(36-25-33-15-13-14-16-34(33)26-36)21-23-40(46)42-29-50-44(31-48(42)52)45-32-49-43(30-51(45)54(50,5)6)41-24-22-39(28-47(41)53(49,3)4)55(37-17-9-7-10-18-37)38-19-11-8-12-20-38/h7-25,27-32H,26H2,1-6H3. The predicted molar refractivity (Wildman–Crippen MR) is 232 cm³/mol. The number of anilines is 3. The first-order valence-corrected chi connectivity index (χ1v) is 19.9. The minimum absolute atomic E-state index is 0.0966. The summed E-state index contributed by atoms with van der Waals surface area (Å²) in [5.41, 5.74) is 25.6. The maximum Gasteiger partial charge on any atom is 0.0465 e. The summed E-state index contributed by atoms with van der Waals surface area (Å²) in [6.07, 6.45) is 3.40. The highest BCUT2D eigenvalue weighted by Crippen LogP contribution is 2.60. The molecule has 0 atom stereocenters. The van der Waals surface area contributed by atoms with Gasteiger partial charge < -0.3 is 4.90 Å². The minimum Gasteiger partial charge on any atom is -0.310 e. The normalized spacial score (nSPS) is 16.7. The number of para-hydroxylation sites is 2. The summed E-state index contributed by atoms with van der Waals surface area (Å²) in [4.78, 5) is 2.38. The van der Waals surface area contributed by atoms with Gasteiger partial charge in [0.1, 0.15) is 0 Å². The van der Waals surface area contributed by atoms with Gasteiger partial charge >= 0.3 is 0 Å². The molecular weight excluding hydrogens is 663 g/mol. The molecule has 55 heavy (non-hydrogen) atoms. The van der Waals surface area contributed by atoms with Gasteiger partial charge in [0.05, 0.1) is 0 Å². The molecule has 0 radical (unpaired) electrons. The molecule has 0 spiro atoms. The third kappa shape index (κ3) is 4.47. The molecule has 11 rings (SSSR count). The van der Waals surface area contributed by atoms with Crippen molar-refractivity contribution in [1.82, 2.24) is 0 Å². The average Bonchev–Trinajstić information content (AvgIpc) is 3.86. The second-order valence-electron chi connectivity index (χ2n) is 17.8. The van der Waals surface area contributed by atoms with Gasteiger partial charge in [-0.1, -0.05) is 126 Å². The molecule has 0 heterocycles. The maximum atomic E-state index is 2.57. The molecule has 0 aromatic heterocycles. The molecule has 4 aliphatic carbocycles. The van der Waals surface area contributed by atoms with Gasteiger partial charge in [-0.05, 0) is 162 Å². The fourth-order valence-electron chi connectivity index (χ4n) is 10.6. The molecule has 0 amide bonds. The second kappa shape index (κ2) is 11.1. The van der Waals surface area contributed by atoms with E-state index in [9.17, 15) is 0 Å². The summed E-state index contributed by atoms with van der Waals surface area (Å²) in [6.45, 7) is 14.6. The van der Waals surface area contributed by atoms with Crippen molar-refractivity contribution < 1.29 is 0 Å². The monoisotopic (exact) mass is 707 g/mol. The van der Waals surface area contributed by atoms with Crippen LogP contribution >= 0.6 is 0 Å². The van der Waals surface area contributed by atoms with Gasteiger partial charge in [0, 0.05) is 33.3 Å². The Labute approximate surface area is 325 Å². The largest absolute Gasteiger partial charge is 0.310 e. The topological polar surface area (TPSA) is 3.24 Å². The zero-order chi connectivity index (χ0) is 37.4. The Kier molecular flexibility index (Phi) is 6.55. The predicted octanol–water partition coefficient (Wildman–Crippen LogP) is 14.2. The Balaban J connectivity index is 1.00. The third-order valence-corrected chi connectivity index (χ3v) is 13.7. The highest BCUT2D eigenvalue weighted by molar-refractivity contribution is 5.95.